The Morgan fingerprint density at radius 1 is 1.25 bits per heavy atom. The number of hydrogen-bond donors (Lipinski definition) is 1. The summed E-state index contributed by atoms with van der Waals surface area (Å²) in [6.45, 7) is 7.12. The highest BCUT2D eigenvalue weighted by Crippen LogP contribution is 2.24. The van der Waals surface area contributed by atoms with Crippen LogP contribution in [0.25, 0.3) is 0 Å². The third-order valence-electron chi connectivity index (χ3n) is 3.73. The Hall–Kier alpha value is -2.37. The van der Waals surface area contributed by atoms with Crippen molar-refractivity contribution in [2.24, 2.45) is 0 Å². The molecule has 0 atom stereocenters. The molecule has 0 bridgehead atoms. The minimum Gasteiger partial charge on any atom is -0.349 e. The molecule has 1 N–H and O–H groups in total. The smallest absolute Gasteiger partial charge is 0.270 e. The molecule has 1 aromatic heterocycles. The first-order valence-electron chi connectivity index (χ1n) is 8.54. The van der Waals surface area contributed by atoms with Gasteiger partial charge in [0.2, 0.25) is 10.0 Å². The summed E-state index contributed by atoms with van der Waals surface area (Å²) < 4.78 is 27.2. The van der Waals surface area contributed by atoms with Crippen LogP contribution in [0.15, 0.2) is 34.5 Å². The summed E-state index contributed by atoms with van der Waals surface area (Å²) in [7, 11) is -3.89. The second-order valence-corrected chi connectivity index (χ2v) is 9.48. The van der Waals surface area contributed by atoms with Crippen molar-refractivity contribution in [2.75, 3.05) is 0 Å². The summed E-state index contributed by atoms with van der Waals surface area (Å²) in [5.74, 6) is -0.313. The zero-order valence-corrected chi connectivity index (χ0v) is 17.6. The number of nitro groups is 1. The lowest BCUT2D eigenvalue weighted by Crippen LogP contribution is -2.36. The molecule has 11 heteroatoms. The molecule has 0 fully saturated rings. The number of aromatic nitrogens is 1. The standard InChI is InChI=1S/C17H22N4O5S2/c1-11(2)18-17(22)15-10-27-16(19-15)9-20(12(3)4)28(25,26)14-7-5-13(6-8-14)21(23)24/h5-8,10-12H,9H2,1-4H3,(H,18,22). The lowest BCUT2D eigenvalue weighted by atomic mass is 10.3. The van der Waals surface area contributed by atoms with E-state index in [1.165, 1.54) is 27.8 Å². The van der Waals surface area contributed by atoms with Gasteiger partial charge in [-0.15, -0.1) is 11.3 Å². The van der Waals surface area contributed by atoms with Gasteiger partial charge in [-0.1, -0.05) is 0 Å². The predicted octanol–water partition coefficient (Wildman–Crippen LogP) is 2.79. The van der Waals surface area contributed by atoms with Crippen molar-refractivity contribution in [1.29, 1.82) is 0 Å². The minimum atomic E-state index is -3.89. The van der Waals surface area contributed by atoms with Crippen molar-refractivity contribution in [1.82, 2.24) is 14.6 Å². The van der Waals surface area contributed by atoms with Gasteiger partial charge in [0.15, 0.2) is 0 Å². The van der Waals surface area contributed by atoms with Gasteiger partial charge in [-0.05, 0) is 39.8 Å². The number of nitro benzene ring substituents is 1. The maximum atomic E-state index is 13.0. The van der Waals surface area contributed by atoms with E-state index >= 15 is 0 Å². The molecule has 1 amide bonds. The summed E-state index contributed by atoms with van der Waals surface area (Å²) in [6, 6.07) is 4.33. The first kappa shape index (κ1) is 21.9. The topological polar surface area (TPSA) is 123 Å². The maximum Gasteiger partial charge on any atom is 0.270 e. The monoisotopic (exact) mass is 426 g/mol. The van der Waals surface area contributed by atoms with Gasteiger partial charge < -0.3 is 5.32 Å². The lowest BCUT2D eigenvalue weighted by Gasteiger charge is -2.25. The molecule has 0 aliphatic rings. The van der Waals surface area contributed by atoms with E-state index in [4.69, 9.17) is 0 Å². The minimum absolute atomic E-state index is 0.00336. The molecule has 28 heavy (non-hydrogen) atoms. The average Bonchev–Trinajstić information content (AvgIpc) is 3.07. The molecule has 1 heterocycles. The fourth-order valence-electron chi connectivity index (χ4n) is 2.38. The predicted molar refractivity (Wildman–Crippen MR) is 106 cm³/mol. The summed E-state index contributed by atoms with van der Waals surface area (Å²) in [6.07, 6.45) is 0. The van der Waals surface area contributed by atoms with Gasteiger partial charge in [0.1, 0.15) is 10.7 Å². The molecular weight excluding hydrogens is 404 g/mol. The number of non-ortho nitro benzene ring substituents is 1. The van der Waals surface area contributed by atoms with Crippen molar-refractivity contribution >= 4 is 33.0 Å². The van der Waals surface area contributed by atoms with E-state index in [1.54, 1.807) is 19.2 Å². The summed E-state index contributed by atoms with van der Waals surface area (Å²) in [5.41, 5.74) is 0.0564. The number of rotatable bonds is 8. The third kappa shape index (κ3) is 5.12. The van der Waals surface area contributed by atoms with E-state index in [1.807, 2.05) is 13.8 Å². The number of thiazole rings is 1. The van der Waals surface area contributed by atoms with Gasteiger partial charge in [-0.2, -0.15) is 4.31 Å². The molecule has 2 rings (SSSR count). The molecule has 152 valence electrons. The number of hydrogen-bond acceptors (Lipinski definition) is 7. The molecule has 0 radical (unpaired) electrons. The van der Waals surface area contributed by atoms with Gasteiger partial charge in [0.25, 0.3) is 11.6 Å². The Morgan fingerprint density at radius 3 is 2.36 bits per heavy atom. The van der Waals surface area contributed by atoms with Crippen molar-refractivity contribution in [3.8, 4) is 0 Å². The van der Waals surface area contributed by atoms with Crippen molar-refractivity contribution in [3.63, 3.8) is 0 Å². The van der Waals surface area contributed by atoms with E-state index in [0.717, 1.165) is 12.1 Å². The first-order valence-corrected chi connectivity index (χ1v) is 10.9. The average molecular weight is 427 g/mol. The molecule has 2 aromatic rings. The quantitative estimate of drug-likeness (QED) is 0.511. The highest BCUT2D eigenvalue weighted by Gasteiger charge is 2.29. The van der Waals surface area contributed by atoms with Crippen LogP contribution in [-0.4, -0.2) is 40.6 Å². The summed E-state index contributed by atoms with van der Waals surface area (Å²) in [5, 5.41) is 15.6. The van der Waals surface area contributed by atoms with Crippen LogP contribution in [0.4, 0.5) is 5.69 Å². The number of nitrogens with zero attached hydrogens (tertiary/aromatic N) is 3. The van der Waals surface area contributed by atoms with Crippen LogP contribution < -0.4 is 5.32 Å². The van der Waals surface area contributed by atoms with E-state index in [0.29, 0.717) is 5.01 Å². The molecule has 0 saturated heterocycles. The first-order chi connectivity index (χ1) is 13.0. The highest BCUT2D eigenvalue weighted by molar-refractivity contribution is 7.89. The SMILES string of the molecule is CC(C)NC(=O)c1csc(CN(C(C)C)S(=O)(=O)c2ccc([N+](=O)[O-])cc2)n1. The van der Waals surface area contributed by atoms with Crippen molar-refractivity contribution in [2.45, 2.75) is 51.2 Å². The van der Waals surface area contributed by atoms with Gasteiger partial charge in [0.05, 0.1) is 16.4 Å². The summed E-state index contributed by atoms with van der Waals surface area (Å²) in [4.78, 5) is 26.4. The van der Waals surface area contributed by atoms with E-state index in [-0.39, 0.29) is 40.8 Å². The van der Waals surface area contributed by atoms with Gasteiger partial charge >= 0.3 is 0 Å². The number of benzene rings is 1. The molecule has 0 spiro atoms. The zero-order valence-electron chi connectivity index (χ0n) is 15.9. The number of nitrogens with one attached hydrogen (secondary N) is 1. The Kier molecular flexibility index (Phi) is 6.86. The van der Waals surface area contributed by atoms with Crippen LogP contribution in [0.5, 0.6) is 0 Å². The maximum absolute atomic E-state index is 13.0. The Labute approximate surface area is 167 Å². The zero-order chi connectivity index (χ0) is 21.1. The second-order valence-electron chi connectivity index (χ2n) is 6.65. The molecule has 0 aliphatic carbocycles. The number of carbonyl (C=O) groups is 1. The molecule has 0 unspecified atom stereocenters. The van der Waals surface area contributed by atoms with E-state index in [2.05, 4.69) is 10.3 Å². The van der Waals surface area contributed by atoms with Crippen LogP contribution in [0, 0.1) is 10.1 Å². The normalized spacial score (nSPS) is 12.0. The largest absolute Gasteiger partial charge is 0.349 e. The fourth-order valence-corrected chi connectivity index (χ4v) is 4.83. The lowest BCUT2D eigenvalue weighted by molar-refractivity contribution is -0.384. The fraction of sp³-hybridized carbons (Fsp3) is 0.412. The van der Waals surface area contributed by atoms with Crippen LogP contribution in [0.1, 0.15) is 43.2 Å². The van der Waals surface area contributed by atoms with Crippen molar-refractivity contribution in [3.05, 3.63) is 50.5 Å². The van der Waals surface area contributed by atoms with E-state index in [9.17, 15) is 23.3 Å². The van der Waals surface area contributed by atoms with Crippen molar-refractivity contribution < 1.29 is 18.1 Å². The highest BCUT2D eigenvalue weighted by atomic mass is 32.2. The molecule has 1 aromatic carbocycles. The molecule has 9 nitrogen and oxygen atoms in total. The number of sulfonamides is 1. The molecular formula is C17H22N4O5S2. The van der Waals surface area contributed by atoms with Gasteiger partial charge in [-0.3, -0.25) is 14.9 Å². The second kappa shape index (κ2) is 8.76. The number of amides is 1. The van der Waals surface area contributed by atoms with Crippen LogP contribution >= 0.6 is 11.3 Å². The molecule has 0 aliphatic heterocycles. The molecule has 0 saturated carbocycles. The summed E-state index contributed by atoms with van der Waals surface area (Å²) >= 11 is 1.20. The Morgan fingerprint density at radius 2 is 1.86 bits per heavy atom. The Balaban J connectivity index is 2.26. The third-order valence-corrected chi connectivity index (χ3v) is 6.60. The van der Waals surface area contributed by atoms with Crippen LogP contribution in [-0.2, 0) is 16.6 Å². The van der Waals surface area contributed by atoms with Gasteiger partial charge in [0, 0.05) is 29.6 Å². The number of carbonyl (C=O) groups excluding carboxylic acids is 1. The van der Waals surface area contributed by atoms with Crippen LogP contribution in [0.2, 0.25) is 0 Å². The van der Waals surface area contributed by atoms with Gasteiger partial charge in [-0.25, -0.2) is 13.4 Å². The van der Waals surface area contributed by atoms with E-state index < -0.39 is 14.9 Å². The van der Waals surface area contributed by atoms with Crippen LogP contribution in [0.3, 0.4) is 0 Å². The Bertz CT molecular complexity index is 952.